The van der Waals surface area contributed by atoms with Crippen LogP contribution in [-0.4, -0.2) is 41.4 Å². The number of nitrogens with zero attached hydrogens (tertiary/aromatic N) is 3. The molecule has 2 heterocycles. The van der Waals surface area contributed by atoms with Crippen LogP contribution in [0.1, 0.15) is 63.6 Å². The number of aromatic nitrogens is 2. The van der Waals surface area contributed by atoms with Crippen LogP contribution in [0.3, 0.4) is 0 Å². The van der Waals surface area contributed by atoms with Crippen LogP contribution in [0, 0.1) is 0 Å². The molecule has 1 saturated heterocycles. The third-order valence-electron chi connectivity index (χ3n) is 4.00. The number of hydrogen-bond acceptors (Lipinski definition) is 5. The highest BCUT2D eigenvalue weighted by Gasteiger charge is 2.28. The first-order chi connectivity index (χ1) is 11.2. The van der Waals surface area contributed by atoms with Crippen LogP contribution in [0.15, 0.2) is 9.52 Å². The number of guanidine groups is 1. The van der Waals surface area contributed by atoms with E-state index in [1.54, 1.807) is 0 Å². The van der Waals surface area contributed by atoms with Gasteiger partial charge in [-0.15, -0.1) is 0 Å². The minimum atomic E-state index is 0.271. The van der Waals surface area contributed by atoms with Crippen molar-refractivity contribution in [3.63, 3.8) is 0 Å². The lowest BCUT2D eigenvalue weighted by Crippen LogP contribution is -2.45. The summed E-state index contributed by atoms with van der Waals surface area (Å²) in [6.45, 7) is 6.21. The third-order valence-corrected chi connectivity index (χ3v) is 4.00. The van der Waals surface area contributed by atoms with Crippen LogP contribution >= 0.6 is 0 Å². The second-order valence-corrected chi connectivity index (χ2v) is 6.65. The average Bonchev–Trinajstić information content (AvgIpc) is 3.29. The Labute approximate surface area is 137 Å². The van der Waals surface area contributed by atoms with Crippen LogP contribution in [0.5, 0.6) is 0 Å². The Morgan fingerprint density at radius 2 is 2.17 bits per heavy atom. The molecule has 0 bridgehead atoms. The Morgan fingerprint density at radius 3 is 2.87 bits per heavy atom. The van der Waals surface area contributed by atoms with Gasteiger partial charge in [-0.05, 0) is 46.0 Å². The van der Waals surface area contributed by atoms with Crippen LogP contribution < -0.4 is 10.6 Å². The van der Waals surface area contributed by atoms with Crippen LogP contribution in [0.25, 0.3) is 0 Å². The summed E-state index contributed by atoms with van der Waals surface area (Å²) in [7, 11) is 0. The van der Waals surface area contributed by atoms with E-state index in [2.05, 4.69) is 39.6 Å². The van der Waals surface area contributed by atoms with Gasteiger partial charge in [-0.2, -0.15) is 4.98 Å². The molecule has 2 aliphatic rings. The van der Waals surface area contributed by atoms with Crippen LogP contribution in [0.4, 0.5) is 0 Å². The largest absolute Gasteiger partial charge is 0.376 e. The predicted octanol–water partition coefficient (Wildman–Crippen LogP) is 1.96. The topological polar surface area (TPSA) is 84.6 Å². The molecular formula is C16H27N5O2. The van der Waals surface area contributed by atoms with E-state index in [1.165, 1.54) is 25.7 Å². The second-order valence-electron chi connectivity index (χ2n) is 6.65. The molecule has 2 fully saturated rings. The number of aliphatic imine (C=N–C) groups is 1. The van der Waals surface area contributed by atoms with Crippen molar-refractivity contribution in [3.05, 3.63) is 11.7 Å². The average molecular weight is 321 g/mol. The lowest BCUT2D eigenvalue weighted by molar-refractivity contribution is 0.0194. The molecule has 0 radical (unpaired) electrons. The molecule has 0 aromatic carbocycles. The highest BCUT2D eigenvalue weighted by Crippen LogP contribution is 2.38. The van der Waals surface area contributed by atoms with Crippen LogP contribution in [0.2, 0.25) is 0 Å². The van der Waals surface area contributed by atoms with Gasteiger partial charge in [0.05, 0.1) is 6.10 Å². The Morgan fingerprint density at radius 1 is 1.30 bits per heavy atom. The highest BCUT2D eigenvalue weighted by molar-refractivity contribution is 5.80. The first-order valence-electron chi connectivity index (χ1n) is 8.69. The van der Waals surface area contributed by atoms with Crippen molar-refractivity contribution in [2.45, 2.75) is 70.6 Å². The molecule has 1 saturated carbocycles. The van der Waals surface area contributed by atoms with E-state index in [1.807, 2.05) is 0 Å². The summed E-state index contributed by atoms with van der Waals surface area (Å²) in [5.41, 5.74) is 0. The van der Waals surface area contributed by atoms with E-state index in [9.17, 15) is 0 Å². The highest BCUT2D eigenvalue weighted by atomic mass is 16.5. The molecule has 3 rings (SSSR count). The van der Waals surface area contributed by atoms with Crippen molar-refractivity contribution in [1.82, 2.24) is 20.8 Å². The zero-order chi connectivity index (χ0) is 16.1. The standard InChI is InChI=1S/C16H27N5O2/c1-11(2)19-16(17-9-13-5-3-4-8-22-13)18-10-14-20-15(21-23-14)12-6-7-12/h11-13H,3-10H2,1-2H3,(H2,17,18,19)/t13-/m0/s1. The molecule has 0 spiro atoms. The molecule has 23 heavy (non-hydrogen) atoms. The molecule has 1 aliphatic carbocycles. The SMILES string of the molecule is CC(C)NC(=NCc1nc(C2CC2)no1)NC[C@@H]1CCCCO1. The molecule has 0 unspecified atom stereocenters. The maximum atomic E-state index is 5.75. The van der Waals surface area contributed by atoms with Crippen molar-refractivity contribution >= 4 is 5.96 Å². The van der Waals surface area contributed by atoms with Crippen molar-refractivity contribution in [2.75, 3.05) is 13.2 Å². The fourth-order valence-corrected chi connectivity index (χ4v) is 2.59. The zero-order valence-electron chi connectivity index (χ0n) is 14.0. The summed E-state index contributed by atoms with van der Waals surface area (Å²) in [6.07, 6.45) is 6.13. The summed E-state index contributed by atoms with van der Waals surface area (Å²) < 4.78 is 11.0. The Bertz CT molecular complexity index is 518. The number of hydrogen-bond donors (Lipinski definition) is 2. The van der Waals surface area contributed by atoms with Crippen molar-refractivity contribution in [2.24, 2.45) is 4.99 Å². The van der Waals surface area contributed by atoms with Crippen molar-refractivity contribution in [1.29, 1.82) is 0 Å². The molecule has 128 valence electrons. The molecule has 7 heteroatoms. The molecular weight excluding hydrogens is 294 g/mol. The minimum absolute atomic E-state index is 0.271. The Kier molecular flexibility index (Phi) is 5.48. The lowest BCUT2D eigenvalue weighted by Gasteiger charge is -2.24. The maximum absolute atomic E-state index is 5.75. The van der Waals surface area contributed by atoms with Gasteiger partial charge in [-0.3, -0.25) is 0 Å². The van der Waals surface area contributed by atoms with E-state index >= 15 is 0 Å². The van der Waals surface area contributed by atoms with E-state index in [0.717, 1.165) is 31.4 Å². The normalized spacial score (nSPS) is 22.4. The monoisotopic (exact) mass is 321 g/mol. The van der Waals surface area contributed by atoms with Gasteiger partial charge >= 0.3 is 0 Å². The van der Waals surface area contributed by atoms with E-state index in [0.29, 0.717) is 24.4 Å². The summed E-state index contributed by atoms with van der Waals surface area (Å²) in [4.78, 5) is 8.96. The van der Waals surface area contributed by atoms with Crippen LogP contribution in [-0.2, 0) is 11.3 Å². The van der Waals surface area contributed by atoms with E-state index in [4.69, 9.17) is 9.26 Å². The van der Waals surface area contributed by atoms with Gasteiger partial charge in [0.1, 0.15) is 6.54 Å². The molecule has 7 nitrogen and oxygen atoms in total. The van der Waals surface area contributed by atoms with Gasteiger partial charge in [0.25, 0.3) is 0 Å². The fraction of sp³-hybridized carbons (Fsp3) is 0.812. The molecule has 1 atom stereocenters. The van der Waals surface area contributed by atoms with E-state index < -0.39 is 0 Å². The Hall–Kier alpha value is -1.63. The quantitative estimate of drug-likeness (QED) is 0.615. The number of rotatable bonds is 6. The smallest absolute Gasteiger partial charge is 0.248 e. The van der Waals surface area contributed by atoms with E-state index in [-0.39, 0.29) is 6.10 Å². The zero-order valence-corrected chi connectivity index (χ0v) is 14.0. The van der Waals surface area contributed by atoms with Gasteiger partial charge in [0.15, 0.2) is 11.8 Å². The maximum Gasteiger partial charge on any atom is 0.248 e. The number of nitrogens with one attached hydrogen (secondary N) is 2. The molecule has 0 amide bonds. The summed E-state index contributed by atoms with van der Waals surface area (Å²) in [5, 5.41) is 10.7. The minimum Gasteiger partial charge on any atom is -0.376 e. The third kappa shape index (κ3) is 5.20. The molecule has 1 aromatic rings. The van der Waals surface area contributed by atoms with Gasteiger partial charge in [-0.25, -0.2) is 4.99 Å². The molecule has 1 aromatic heterocycles. The van der Waals surface area contributed by atoms with Gasteiger partial charge in [-0.1, -0.05) is 5.16 Å². The predicted molar refractivity (Wildman–Crippen MR) is 87.3 cm³/mol. The number of ether oxygens (including phenoxy) is 1. The van der Waals surface area contributed by atoms with Gasteiger partial charge < -0.3 is 19.9 Å². The summed E-state index contributed by atoms with van der Waals surface area (Å²) >= 11 is 0. The summed E-state index contributed by atoms with van der Waals surface area (Å²) in [5.74, 6) is 2.68. The second kappa shape index (κ2) is 7.77. The van der Waals surface area contributed by atoms with Gasteiger partial charge in [0.2, 0.25) is 5.89 Å². The Balaban J connectivity index is 1.52. The summed E-state index contributed by atoms with van der Waals surface area (Å²) in [6, 6.07) is 0.304. The molecule has 2 N–H and O–H groups in total. The van der Waals surface area contributed by atoms with Crippen molar-refractivity contribution < 1.29 is 9.26 Å². The molecule has 1 aliphatic heterocycles. The van der Waals surface area contributed by atoms with Gasteiger partial charge in [0, 0.05) is 25.1 Å². The van der Waals surface area contributed by atoms with Crippen molar-refractivity contribution in [3.8, 4) is 0 Å². The fourth-order valence-electron chi connectivity index (χ4n) is 2.59. The first-order valence-corrected chi connectivity index (χ1v) is 8.69. The first kappa shape index (κ1) is 16.2. The lowest BCUT2D eigenvalue weighted by atomic mass is 10.1.